The Kier molecular flexibility index (Phi) is 5.86. The lowest BCUT2D eigenvalue weighted by atomic mass is 10.2. The smallest absolute Gasteiger partial charge is 0.347 e. The van der Waals surface area contributed by atoms with Crippen LogP contribution in [0.25, 0.3) is 0 Å². The lowest BCUT2D eigenvalue weighted by Crippen LogP contribution is -2.16. The van der Waals surface area contributed by atoms with Gasteiger partial charge in [0.05, 0.1) is 5.56 Å². The van der Waals surface area contributed by atoms with E-state index in [2.05, 4.69) is 30.6 Å². The Labute approximate surface area is 172 Å². The number of benzene rings is 1. The largest absolute Gasteiger partial charge is 0.433 e. The standard InChI is InChI=1S/C18H15F6N7/c1-31(2)16-29-14(26-11-5-3-4-10(8-11)17(19,20)21)28-15(30-16)27-12-6-7-25-13(9-12)18(22,23)24/h3-9H,1-2H3,(H2,25,26,27,28,29,30). The van der Waals surface area contributed by atoms with E-state index in [9.17, 15) is 26.3 Å². The summed E-state index contributed by atoms with van der Waals surface area (Å²) in [5.41, 5.74) is -1.89. The Balaban J connectivity index is 1.92. The second-order valence-corrected chi connectivity index (χ2v) is 6.43. The third kappa shape index (κ3) is 5.71. The Hall–Kier alpha value is -3.64. The number of anilines is 5. The number of nitrogens with zero attached hydrogens (tertiary/aromatic N) is 5. The lowest BCUT2D eigenvalue weighted by Gasteiger charge is -2.15. The van der Waals surface area contributed by atoms with E-state index in [1.54, 1.807) is 14.1 Å². The van der Waals surface area contributed by atoms with Crippen molar-refractivity contribution in [2.24, 2.45) is 0 Å². The average Bonchev–Trinajstić information content (AvgIpc) is 2.67. The molecular weight excluding hydrogens is 428 g/mol. The highest BCUT2D eigenvalue weighted by Gasteiger charge is 2.32. The molecular formula is C18H15F6N7. The Bertz CT molecular complexity index is 988. The molecule has 0 radical (unpaired) electrons. The minimum absolute atomic E-state index is 0.0169. The second kappa shape index (κ2) is 8.24. The molecule has 0 atom stereocenters. The topological polar surface area (TPSA) is 78.9 Å². The maximum Gasteiger partial charge on any atom is 0.433 e. The first-order valence-electron chi connectivity index (χ1n) is 8.60. The second-order valence-electron chi connectivity index (χ2n) is 6.43. The molecule has 0 spiro atoms. The first kappa shape index (κ1) is 22.1. The summed E-state index contributed by atoms with van der Waals surface area (Å²) in [5.74, 6) is -0.102. The molecule has 0 saturated heterocycles. The summed E-state index contributed by atoms with van der Waals surface area (Å²) >= 11 is 0. The third-order valence-corrected chi connectivity index (χ3v) is 3.78. The third-order valence-electron chi connectivity index (χ3n) is 3.78. The van der Waals surface area contributed by atoms with Gasteiger partial charge in [-0.2, -0.15) is 41.3 Å². The number of alkyl halides is 6. The van der Waals surface area contributed by atoms with E-state index >= 15 is 0 Å². The number of rotatable bonds is 5. The fraction of sp³-hybridized carbons (Fsp3) is 0.222. The number of halogens is 6. The molecule has 0 aliphatic heterocycles. The predicted molar refractivity (Wildman–Crippen MR) is 101 cm³/mol. The van der Waals surface area contributed by atoms with Crippen LogP contribution in [-0.2, 0) is 12.4 Å². The summed E-state index contributed by atoms with van der Waals surface area (Å²) in [6, 6.07) is 6.46. The molecule has 31 heavy (non-hydrogen) atoms. The van der Waals surface area contributed by atoms with Gasteiger partial charge in [-0.1, -0.05) is 6.07 Å². The van der Waals surface area contributed by atoms with Crippen LogP contribution in [0.4, 0.5) is 55.6 Å². The van der Waals surface area contributed by atoms with Crippen LogP contribution in [0.5, 0.6) is 0 Å². The molecule has 3 aromatic rings. The molecule has 2 N–H and O–H groups in total. The maximum atomic E-state index is 12.9. The molecule has 2 aromatic heterocycles. The molecule has 0 unspecified atom stereocenters. The molecule has 0 saturated carbocycles. The molecule has 3 rings (SSSR count). The van der Waals surface area contributed by atoms with Crippen LogP contribution in [0.3, 0.4) is 0 Å². The van der Waals surface area contributed by atoms with Crippen LogP contribution in [0.15, 0.2) is 42.6 Å². The highest BCUT2D eigenvalue weighted by Crippen LogP contribution is 2.32. The molecule has 0 aliphatic rings. The fourth-order valence-electron chi connectivity index (χ4n) is 2.37. The monoisotopic (exact) mass is 443 g/mol. The van der Waals surface area contributed by atoms with Gasteiger partial charge in [-0.05, 0) is 30.3 Å². The molecule has 1 aromatic carbocycles. The number of hydrogen-bond donors (Lipinski definition) is 2. The normalized spacial score (nSPS) is 11.9. The fourth-order valence-corrected chi connectivity index (χ4v) is 2.37. The van der Waals surface area contributed by atoms with E-state index < -0.39 is 23.6 Å². The minimum Gasteiger partial charge on any atom is -0.347 e. The number of aromatic nitrogens is 4. The first-order valence-corrected chi connectivity index (χ1v) is 8.60. The van der Waals surface area contributed by atoms with Gasteiger partial charge in [-0.25, -0.2) is 0 Å². The Morgan fingerprint density at radius 3 is 1.94 bits per heavy atom. The van der Waals surface area contributed by atoms with Crippen molar-refractivity contribution in [3.05, 3.63) is 53.9 Å². The van der Waals surface area contributed by atoms with E-state index in [0.717, 1.165) is 24.4 Å². The molecule has 0 aliphatic carbocycles. The summed E-state index contributed by atoms with van der Waals surface area (Å²) in [6.45, 7) is 0. The van der Waals surface area contributed by atoms with Gasteiger partial charge in [-0.3, -0.25) is 4.98 Å². The molecule has 2 heterocycles. The van der Waals surface area contributed by atoms with E-state index in [0.29, 0.717) is 0 Å². The molecule has 13 heteroatoms. The van der Waals surface area contributed by atoms with Crippen molar-refractivity contribution in [1.82, 2.24) is 19.9 Å². The Morgan fingerprint density at radius 2 is 1.39 bits per heavy atom. The van der Waals surface area contributed by atoms with E-state index in [1.807, 2.05) is 0 Å². The van der Waals surface area contributed by atoms with Crippen molar-refractivity contribution in [1.29, 1.82) is 0 Å². The van der Waals surface area contributed by atoms with Crippen molar-refractivity contribution in [3.63, 3.8) is 0 Å². The summed E-state index contributed by atoms with van der Waals surface area (Å²) in [7, 11) is 3.22. The summed E-state index contributed by atoms with van der Waals surface area (Å²) < 4.78 is 77.4. The van der Waals surface area contributed by atoms with E-state index in [4.69, 9.17) is 0 Å². The van der Waals surface area contributed by atoms with Crippen molar-refractivity contribution in [2.45, 2.75) is 12.4 Å². The Morgan fingerprint density at radius 1 is 0.774 bits per heavy atom. The van der Waals surface area contributed by atoms with Crippen molar-refractivity contribution >= 4 is 29.2 Å². The molecule has 164 valence electrons. The van der Waals surface area contributed by atoms with E-state index in [1.165, 1.54) is 23.1 Å². The van der Waals surface area contributed by atoms with Gasteiger partial charge in [0.15, 0.2) is 0 Å². The van der Waals surface area contributed by atoms with Crippen LogP contribution in [0.1, 0.15) is 11.3 Å². The summed E-state index contributed by atoms with van der Waals surface area (Å²) in [4.78, 5) is 17.0. The zero-order valence-corrected chi connectivity index (χ0v) is 16.0. The minimum atomic E-state index is -4.64. The SMILES string of the molecule is CN(C)c1nc(Nc2cccc(C(F)(F)F)c2)nc(Nc2ccnc(C(F)(F)F)c2)n1. The van der Waals surface area contributed by atoms with Gasteiger partial charge in [0.2, 0.25) is 17.8 Å². The van der Waals surface area contributed by atoms with Gasteiger partial charge in [-0.15, -0.1) is 0 Å². The average molecular weight is 443 g/mol. The van der Waals surface area contributed by atoms with Crippen molar-refractivity contribution in [3.8, 4) is 0 Å². The number of hydrogen-bond acceptors (Lipinski definition) is 7. The number of pyridine rings is 1. The van der Waals surface area contributed by atoms with Gasteiger partial charge >= 0.3 is 12.4 Å². The van der Waals surface area contributed by atoms with Gasteiger partial charge < -0.3 is 15.5 Å². The zero-order chi connectivity index (χ0) is 22.8. The van der Waals surface area contributed by atoms with Gasteiger partial charge in [0, 0.05) is 31.7 Å². The quantitative estimate of drug-likeness (QED) is 0.546. The highest BCUT2D eigenvalue weighted by atomic mass is 19.4. The van der Waals surface area contributed by atoms with Crippen LogP contribution >= 0.6 is 0 Å². The number of nitrogens with one attached hydrogen (secondary N) is 2. The van der Waals surface area contributed by atoms with Crippen LogP contribution in [-0.4, -0.2) is 34.0 Å². The highest BCUT2D eigenvalue weighted by molar-refractivity contribution is 5.60. The van der Waals surface area contributed by atoms with Crippen LogP contribution in [0, 0.1) is 0 Å². The van der Waals surface area contributed by atoms with Crippen LogP contribution < -0.4 is 15.5 Å². The maximum absolute atomic E-state index is 12.9. The van der Waals surface area contributed by atoms with Gasteiger partial charge in [0.25, 0.3) is 0 Å². The molecule has 0 fully saturated rings. The molecule has 0 amide bonds. The summed E-state index contributed by atoms with van der Waals surface area (Å²) in [6.07, 6.45) is -8.20. The summed E-state index contributed by atoms with van der Waals surface area (Å²) in [5, 5.41) is 5.28. The first-order chi connectivity index (χ1) is 14.4. The zero-order valence-electron chi connectivity index (χ0n) is 16.0. The van der Waals surface area contributed by atoms with Crippen molar-refractivity contribution in [2.75, 3.05) is 29.6 Å². The van der Waals surface area contributed by atoms with Crippen LogP contribution in [0.2, 0.25) is 0 Å². The molecule has 7 nitrogen and oxygen atoms in total. The van der Waals surface area contributed by atoms with Gasteiger partial charge in [0.1, 0.15) is 5.69 Å². The predicted octanol–water partition coefficient (Wildman–Crippen LogP) is 4.86. The van der Waals surface area contributed by atoms with E-state index in [-0.39, 0.29) is 29.2 Å². The van der Waals surface area contributed by atoms with Crippen molar-refractivity contribution < 1.29 is 26.3 Å². The molecule has 0 bridgehead atoms. The lowest BCUT2D eigenvalue weighted by molar-refractivity contribution is -0.141.